The third-order valence-electron chi connectivity index (χ3n) is 10.1. The van der Waals surface area contributed by atoms with Crippen LogP contribution in [0.4, 0.5) is 14.6 Å². The summed E-state index contributed by atoms with van der Waals surface area (Å²) >= 11 is 0. The molecule has 4 aromatic rings. The second kappa shape index (κ2) is 9.63. The number of H-pyrrole nitrogens is 1. The molecule has 41 heavy (non-hydrogen) atoms. The lowest BCUT2D eigenvalue weighted by Gasteiger charge is -2.34. The van der Waals surface area contributed by atoms with Crippen LogP contribution in [0.5, 0.6) is 6.01 Å². The maximum absolute atomic E-state index is 16.7. The minimum Gasteiger partial charge on any atom is -0.461 e. The molecular weight excluding hydrogens is 522 g/mol. The Labute approximate surface area is 238 Å². The number of aryl methyl sites for hydroxylation is 1. The maximum atomic E-state index is 16.7. The van der Waals surface area contributed by atoms with Crippen LogP contribution in [0.1, 0.15) is 51.0 Å². The Kier molecular flexibility index (Phi) is 5.97. The summed E-state index contributed by atoms with van der Waals surface area (Å²) in [7, 11) is 0. The van der Waals surface area contributed by atoms with Gasteiger partial charge in [-0.3, -0.25) is 4.90 Å². The lowest BCUT2D eigenvalue weighted by Crippen LogP contribution is -2.51. The molecule has 0 saturated carbocycles. The predicted octanol–water partition coefficient (Wildman–Crippen LogP) is 5.57. The average molecular weight is 559 g/mol. The van der Waals surface area contributed by atoms with Crippen LogP contribution in [0.15, 0.2) is 30.5 Å². The van der Waals surface area contributed by atoms with Crippen molar-refractivity contribution in [3.05, 3.63) is 47.7 Å². The van der Waals surface area contributed by atoms with Gasteiger partial charge in [-0.1, -0.05) is 19.1 Å². The van der Waals surface area contributed by atoms with E-state index in [0.29, 0.717) is 35.5 Å². The number of hydrogen-bond acceptors (Lipinski definition) is 6. The first-order valence-corrected chi connectivity index (χ1v) is 15.2. The molecule has 4 saturated heterocycles. The third-order valence-corrected chi connectivity index (χ3v) is 10.1. The quantitative estimate of drug-likeness (QED) is 0.323. The zero-order valence-electron chi connectivity index (χ0n) is 23.5. The van der Waals surface area contributed by atoms with Crippen molar-refractivity contribution in [3.8, 4) is 17.1 Å². The number of benzene rings is 2. The normalized spacial score (nSPS) is 23.6. The van der Waals surface area contributed by atoms with E-state index >= 15 is 8.78 Å². The van der Waals surface area contributed by atoms with E-state index in [1.54, 1.807) is 6.20 Å². The molecule has 4 aliphatic heterocycles. The van der Waals surface area contributed by atoms with Crippen molar-refractivity contribution in [2.45, 2.75) is 69.5 Å². The number of fused-ring (bicyclic) bond motifs is 5. The molecule has 0 spiro atoms. The van der Waals surface area contributed by atoms with Gasteiger partial charge < -0.3 is 19.9 Å². The molecule has 0 unspecified atom stereocenters. The van der Waals surface area contributed by atoms with E-state index in [1.165, 1.54) is 18.9 Å². The SMILES string of the molecule is CCc1cccc2[nH]cc(-c3c(F)cc4c(N5C[C@H]6CC[C@@H](C5)N6)nc(OCC56CCCN5CCC6)nc4c3F)c12. The largest absolute Gasteiger partial charge is 0.461 e. The lowest BCUT2D eigenvalue weighted by molar-refractivity contribution is 0.108. The van der Waals surface area contributed by atoms with Crippen LogP contribution < -0.4 is 15.0 Å². The summed E-state index contributed by atoms with van der Waals surface area (Å²) in [6.07, 6.45) is 9.18. The molecule has 0 radical (unpaired) electrons. The van der Waals surface area contributed by atoms with Crippen LogP contribution >= 0.6 is 0 Å². The van der Waals surface area contributed by atoms with Crippen molar-refractivity contribution < 1.29 is 13.5 Å². The number of aromatic amines is 1. The van der Waals surface area contributed by atoms with Crippen molar-refractivity contribution in [2.24, 2.45) is 0 Å². The number of anilines is 1. The zero-order valence-corrected chi connectivity index (χ0v) is 23.5. The number of halogens is 2. The highest BCUT2D eigenvalue weighted by atomic mass is 19.1. The highest BCUT2D eigenvalue weighted by Crippen LogP contribution is 2.42. The van der Waals surface area contributed by atoms with Crippen LogP contribution in [0.2, 0.25) is 0 Å². The number of nitrogens with one attached hydrogen (secondary N) is 2. The molecule has 0 aliphatic carbocycles. The molecule has 9 heteroatoms. The van der Waals surface area contributed by atoms with Gasteiger partial charge in [0.25, 0.3) is 0 Å². The maximum Gasteiger partial charge on any atom is 0.319 e. The monoisotopic (exact) mass is 558 g/mol. The van der Waals surface area contributed by atoms with Crippen molar-refractivity contribution in [1.29, 1.82) is 0 Å². The first-order valence-electron chi connectivity index (χ1n) is 15.2. The van der Waals surface area contributed by atoms with Gasteiger partial charge in [0.2, 0.25) is 0 Å². The van der Waals surface area contributed by atoms with Crippen LogP contribution in [0, 0.1) is 11.6 Å². The van der Waals surface area contributed by atoms with Crippen LogP contribution in [0.25, 0.3) is 32.9 Å². The van der Waals surface area contributed by atoms with E-state index in [9.17, 15) is 0 Å². The number of hydrogen-bond donors (Lipinski definition) is 2. The van der Waals surface area contributed by atoms with E-state index in [-0.39, 0.29) is 22.6 Å². The number of nitrogens with zero attached hydrogens (tertiary/aromatic N) is 4. The summed E-state index contributed by atoms with van der Waals surface area (Å²) in [6.45, 7) is 6.22. The van der Waals surface area contributed by atoms with E-state index in [0.717, 1.165) is 74.7 Å². The Morgan fingerprint density at radius 1 is 1.07 bits per heavy atom. The van der Waals surface area contributed by atoms with Gasteiger partial charge in [-0.15, -0.1) is 0 Å². The molecule has 2 aromatic carbocycles. The minimum absolute atomic E-state index is 0.0136. The van der Waals surface area contributed by atoms with Gasteiger partial charge >= 0.3 is 6.01 Å². The molecule has 2 N–H and O–H groups in total. The summed E-state index contributed by atoms with van der Waals surface area (Å²) in [5.41, 5.74) is 2.49. The lowest BCUT2D eigenvalue weighted by atomic mass is 9.95. The Morgan fingerprint density at radius 2 is 1.85 bits per heavy atom. The molecular formula is C32H36F2N6O. The van der Waals surface area contributed by atoms with Gasteiger partial charge in [0.15, 0.2) is 5.82 Å². The number of aromatic nitrogens is 3. The summed E-state index contributed by atoms with van der Waals surface area (Å²) in [5.74, 6) is -0.710. The van der Waals surface area contributed by atoms with Crippen molar-refractivity contribution in [3.63, 3.8) is 0 Å². The summed E-state index contributed by atoms with van der Waals surface area (Å²) < 4.78 is 39.1. The molecule has 4 fully saturated rings. The van der Waals surface area contributed by atoms with Crippen molar-refractivity contribution in [1.82, 2.24) is 25.2 Å². The Balaban J connectivity index is 1.27. The third kappa shape index (κ3) is 4.03. The Bertz CT molecular complexity index is 1630. The first kappa shape index (κ1) is 25.4. The van der Waals surface area contributed by atoms with Crippen LogP contribution in [-0.2, 0) is 6.42 Å². The van der Waals surface area contributed by atoms with Gasteiger partial charge in [-0.25, -0.2) is 8.78 Å². The molecule has 2 bridgehead atoms. The molecule has 2 aromatic heterocycles. The molecule has 2 atom stereocenters. The molecule has 7 nitrogen and oxygen atoms in total. The second-order valence-corrected chi connectivity index (χ2v) is 12.4. The first-order chi connectivity index (χ1) is 20.0. The minimum atomic E-state index is -0.667. The van der Waals surface area contributed by atoms with Crippen LogP contribution in [0.3, 0.4) is 0 Å². The standard InChI is InChI=1S/C32H36F2N6O/c1-2-19-6-3-7-25-26(19)23(15-35-25)27-24(33)14-22-29(28(27)34)37-31(41-18-32-10-4-12-40(32)13-5-11-32)38-30(22)39-16-20-8-9-21(17-39)36-20/h3,6-7,14-15,20-21,35-36H,2,4-5,8-13,16-18H2,1H3/t20-,21+. The summed E-state index contributed by atoms with van der Waals surface area (Å²) in [4.78, 5) is 17.4. The summed E-state index contributed by atoms with van der Waals surface area (Å²) in [6, 6.07) is 8.22. The average Bonchev–Trinajstić information content (AvgIpc) is 3.75. The zero-order chi connectivity index (χ0) is 27.7. The summed E-state index contributed by atoms with van der Waals surface area (Å²) in [5, 5.41) is 4.89. The fourth-order valence-electron chi connectivity index (χ4n) is 8.09. The molecule has 4 aliphatic rings. The van der Waals surface area contributed by atoms with Crippen molar-refractivity contribution in [2.75, 3.05) is 37.7 Å². The highest BCUT2D eigenvalue weighted by Gasteiger charge is 2.45. The Morgan fingerprint density at radius 3 is 2.61 bits per heavy atom. The van der Waals surface area contributed by atoms with E-state index in [1.807, 2.05) is 18.2 Å². The smallest absolute Gasteiger partial charge is 0.319 e. The van der Waals surface area contributed by atoms with E-state index in [2.05, 4.69) is 32.0 Å². The molecule has 8 rings (SSSR count). The van der Waals surface area contributed by atoms with Crippen LogP contribution in [-0.4, -0.2) is 70.3 Å². The number of piperazine rings is 1. The molecule has 214 valence electrons. The van der Waals surface area contributed by atoms with Gasteiger partial charge in [0.05, 0.1) is 11.1 Å². The predicted molar refractivity (Wildman–Crippen MR) is 157 cm³/mol. The topological polar surface area (TPSA) is 69.3 Å². The second-order valence-electron chi connectivity index (χ2n) is 12.4. The molecule has 0 amide bonds. The highest BCUT2D eigenvalue weighted by molar-refractivity contribution is 6.01. The van der Waals surface area contributed by atoms with Crippen molar-refractivity contribution >= 4 is 27.6 Å². The van der Waals surface area contributed by atoms with Gasteiger partial charge in [-0.05, 0) is 75.7 Å². The number of rotatable bonds is 6. The Hall–Kier alpha value is -3.30. The van der Waals surface area contributed by atoms with Gasteiger partial charge in [0, 0.05) is 53.2 Å². The van der Waals surface area contributed by atoms with Gasteiger partial charge in [-0.2, -0.15) is 9.97 Å². The fourth-order valence-corrected chi connectivity index (χ4v) is 8.09. The number of ether oxygens (including phenoxy) is 1. The van der Waals surface area contributed by atoms with Gasteiger partial charge in [0.1, 0.15) is 23.8 Å². The fraction of sp³-hybridized carbons (Fsp3) is 0.500. The van der Waals surface area contributed by atoms with E-state index < -0.39 is 11.6 Å². The van der Waals surface area contributed by atoms with E-state index in [4.69, 9.17) is 9.72 Å². The molecule has 6 heterocycles.